The number of nitriles is 1. The van der Waals surface area contributed by atoms with Crippen LogP contribution in [0.4, 0.5) is 4.79 Å². The minimum Gasteiger partial charge on any atom is -0.445 e. The molecule has 18 heavy (non-hydrogen) atoms. The van der Waals surface area contributed by atoms with Gasteiger partial charge in [-0.05, 0) is 17.9 Å². The first-order valence-electron chi connectivity index (χ1n) is 5.98. The van der Waals surface area contributed by atoms with Gasteiger partial charge < -0.3 is 10.1 Å². The highest BCUT2D eigenvalue weighted by atomic mass is 16.5. The Bertz CT molecular complexity index is 410. The molecule has 0 aromatic heterocycles. The third-order valence-corrected chi connectivity index (χ3v) is 2.37. The van der Waals surface area contributed by atoms with Crippen LogP contribution in [0.25, 0.3) is 0 Å². The van der Waals surface area contributed by atoms with Crippen LogP contribution in [0.15, 0.2) is 30.3 Å². The number of hydrogen-bond acceptors (Lipinski definition) is 3. The first kappa shape index (κ1) is 14.0. The molecule has 0 saturated carbocycles. The lowest BCUT2D eigenvalue weighted by molar-refractivity contribution is 0.137. The lowest BCUT2D eigenvalue weighted by atomic mass is 10.1. The zero-order valence-electron chi connectivity index (χ0n) is 10.7. The Balaban J connectivity index is 2.35. The Hall–Kier alpha value is -2.02. The van der Waals surface area contributed by atoms with E-state index in [4.69, 9.17) is 10.00 Å². The highest BCUT2D eigenvalue weighted by Crippen LogP contribution is 2.05. The lowest BCUT2D eigenvalue weighted by Gasteiger charge is -2.13. The van der Waals surface area contributed by atoms with Crippen LogP contribution in [0.1, 0.15) is 25.8 Å². The maximum Gasteiger partial charge on any atom is 0.408 e. The van der Waals surface area contributed by atoms with E-state index < -0.39 is 12.1 Å². The van der Waals surface area contributed by atoms with Crippen molar-refractivity contribution in [2.45, 2.75) is 32.9 Å². The third-order valence-electron chi connectivity index (χ3n) is 2.37. The maximum atomic E-state index is 11.5. The van der Waals surface area contributed by atoms with Gasteiger partial charge >= 0.3 is 6.09 Å². The summed E-state index contributed by atoms with van der Waals surface area (Å²) in [7, 11) is 0. The van der Waals surface area contributed by atoms with E-state index >= 15 is 0 Å². The monoisotopic (exact) mass is 246 g/mol. The van der Waals surface area contributed by atoms with E-state index in [0.717, 1.165) is 5.56 Å². The number of nitrogens with zero attached hydrogens (tertiary/aromatic N) is 1. The fraction of sp³-hybridized carbons (Fsp3) is 0.429. The van der Waals surface area contributed by atoms with Gasteiger partial charge in [-0.15, -0.1) is 0 Å². The largest absolute Gasteiger partial charge is 0.445 e. The van der Waals surface area contributed by atoms with Crippen molar-refractivity contribution in [3.05, 3.63) is 35.9 Å². The number of benzene rings is 1. The van der Waals surface area contributed by atoms with Crippen molar-refractivity contribution >= 4 is 6.09 Å². The third kappa shape index (κ3) is 5.35. The van der Waals surface area contributed by atoms with Gasteiger partial charge in [-0.25, -0.2) is 4.79 Å². The van der Waals surface area contributed by atoms with Gasteiger partial charge in [0, 0.05) is 0 Å². The number of ether oxygens (including phenoxy) is 1. The van der Waals surface area contributed by atoms with Gasteiger partial charge in [0.25, 0.3) is 0 Å². The summed E-state index contributed by atoms with van der Waals surface area (Å²) >= 11 is 0. The van der Waals surface area contributed by atoms with Crippen LogP contribution in [-0.2, 0) is 11.3 Å². The molecule has 0 unspecified atom stereocenters. The van der Waals surface area contributed by atoms with Crippen LogP contribution < -0.4 is 5.32 Å². The first-order chi connectivity index (χ1) is 8.61. The van der Waals surface area contributed by atoms with Gasteiger partial charge in [-0.3, -0.25) is 0 Å². The van der Waals surface area contributed by atoms with Gasteiger partial charge in [-0.1, -0.05) is 44.2 Å². The zero-order valence-corrected chi connectivity index (χ0v) is 10.7. The summed E-state index contributed by atoms with van der Waals surface area (Å²) in [5, 5.41) is 11.4. The Kier molecular flexibility index (Phi) is 5.72. The van der Waals surface area contributed by atoms with Crippen LogP contribution >= 0.6 is 0 Å². The molecule has 1 atom stereocenters. The minimum atomic E-state index is -0.550. The summed E-state index contributed by atoms with van der Waals surface area (Å²) in [6, 6.07) is 11.0. The molecule has 0 bridgehead atoms. The van der Waals surface area contributed by atoms with E-state index in [-0.39, 0.29) is 6.61 Å². The standard InChI is InChI=1S/C14H18N2O2/c1-11(2)8-13(9-15)16-14(17)18-10-12-6-4-3-5-7-12/h3-7,11,13H,8,10H2,1-2H3,(H,16,17)/t13-/m0/s1. The van der Waals surface area contributed by atoms with Crippen molar-refractivity contribution in [1.82, 2.24) is 5.32 Å². The Morgan fingerprint density at radius 3 is 2.61 bits per heavy atom. The van der Waals surface area contributed by atoms with Gasteiger partial charge in [0.05, 0.1) is 6.07 Å². The number of carbonyl (C=O) groups is 1. The molecule has 0 heterocycles. The number of carbonyl (C=O) groups excluding carboxylic acids is 1. The number of hydrogen-bond donors (Lipinski definition) is 1. The van der Waals surface area contributed by atoms with E-state index in [1.54, 1.807) is 0 Å². The fourth-order valence-electron chi connectivity index (χ4n) is 1.52. The predicted octanol–water partition coefficient (Wildman–Crippen LogP) is 2.85. The SMILES string of the molecule is CC(C)C[C@@H](C#N)NC(=O)OCc1ccccc1. The number of rotatable bonds is 5. The van der Waals surface area contributed by atoms with Crippen LogP contribution in [0, 0.1) is 17.2 Å². The quantitative estimate of drug-likeness (QED) is 0.869. The average Bonchev–Trinajstić information content (AvgIpc) is 2.36. The summed E-state index contributed by atoms with van der Waals surface area (Å²) in [6.45, 7) is 4.22. The number of nitrogens with one attached hydrogen (secondary N) is 1. The molecule has 1 aromatic rings. The number of amides is 1. The highest BCUT2D eigenvalue weighted by Gasteiger charge is 2.13. The molecule has 1 amide bonds. The molecule has 0 spiro atoms. The van der Waals surface area contributed by atoms with Crippen LogP contribution in [0.3, 0.4) is 0 Å². The van der Waals surface area contributed by atoms with E-state index in [2.05, 4.69) is 11.4 Å². The molecule has 1 aromatic carbocycles. The lowest BCUT2D eigenvalue weighted by Crippen LogP contribution is -2.35. The molecule has 4 nitrogen and oxygen atoms in total. The molecule has 1 N–H and O–H groups in total. The van der Waals surface area contributed by atoms with Gasteiger partial charge in [-0.2, -0.15) is 5.26 Å². The second-order valence-electron chi connectivity index (χ2n) is 4.52. The molecule has 96 valence electrons. The summed E-state index contributed by atoms with van der Waals surface area (Å²) < 4.78 is 5.04. The normalized spacial score (nSPS) is 11.7. The highest BCUT2D eigenvalue weighted by molar-refractivity contribution is 5.68. The van der Waals surface area contributed by atoms with Crippen molar-refractivity contribution in [2.24, 2.45) is 5.92 Å². The van der Waals surface area contributed by atoms with Crippen molar-refractivity contribution in [2.75, 3.05) is 0 Å². The van der Waals surface area contributed by atoms with Crippen LogP contribution in [0.5, 0.6) is 0 Å². The van der Waals surface area contributed by atoms with Gasteiger partial charge in [0.2, 0.25) is 0 Å². The van der Waals surface area contributed by atoms with Gasteiger partial charge in [0.1, 0.15) is 12.6 Å². The molecular formula is C14H18N2O2. The Labute approximate surface area is 108 Å². The van der Waals surface area contributed by atoms with Crippen LogP contribution in [-0.4, -0.2) is 12.1 Å². The molecule has 0 fully saturated rings. The smallest absolute Gasteiger partial charge is 0.408 e. The Morgan fingerprint density at radius 1 is 1.39 bits per heavy atom. The summed E-state index contributed by atoms with van der Waals surface area (Å²) in [5.74, 6) is 0.351. The Morgan fingerprint density at radius 2 is 2.06 bits per heavy atom. The molecule has 0 radical (unpaired) electrons. The van der Waals surface area contributed by atoms with E-state index in [0.29, 0.717) is 12.3 Å². The van der Waals surface area contributed by atoms with E-state index in [9.17, 15) is 4.79 Å². The predicted molar refractivity (Wildman–Crippen MR) is 68.6 cm³/mol. The molecule has 4 heteroatoms. The van der Waals surface area contributed by atoms with E-state index in [1.165, 1.54) is 0 Å². The second kappa shape index (κ2) is 7.33. The van der Waals surface area contributed by atoms with Crippen molar-refractivity contribution in [3.63, 3.8) is 0 Å². The number of alkyl carbamates (subject to hydrolysis) is 1. The summed E-state index contributed by atoms with van der Waals surface area (Å²) in [5.41, 5.74) is 0.921. The molecular weight excluding hydrogens is 228 g/mol. The zero-order chi connectivity index (χ0) is 13.4. The van der Waals surface area contributed by atoms with Crippen molar-refractivity contribution in [3.8, 4) is 6.07 Å². The molecule has 1 rings (SSSR count). The van der Waals surface area contributed by atoms with Gasteiger partial charge in [0.15, 0.2) is 0 Å². The maximum absolute atomic E-state index is 11.5. The molecule has 0 aliphatic rings. The second-order valence-corrected chi connectivity index (χ2v) is 4.52. The summed E-state index contributed by atoms with van der Waals surface area (Å²) in [4.78, 5) is 11.5. The van der Waals surface area contributed by atoms with E-state index in [1.807, 2.05) is 44.2 Å². The van der Waals surface area contributed by atoms with Crippen molar-refractivity contribution < 1.29 is 9.53 Å². The average molecular weight is 246 g/mol. The molecule has 0 saturated heterocycles. The van der Waals surface area contributed by atoms with Crippen molar-refractivity contribution in [1.29, 1.82) is 5.26 Å². The molecule has 0 aliphatic carbocycles. The summed E-state index contributed by atoms with van der Waals surface area (Å²) in [6.07, 6.45) is 0.0720. The van der Waals surface area contributed by atoms with Crippen LogP contribution in [0.2, 0.25) is 0 Å². The fourth-order valence-corrected chi connectivity index (χ4v) is 1.52. The topological polar surface area (TPSA) is 62.1 Å². The molecule has 0 aliphatic heterocycles. The minimum absolute atomic E-state index is 0.215. The first-order valence-corrected chi connectivity index (χ1v) is 5.98.